The van der Waals surface area contributed by atoms with Crippen LogP contribution in [0.5, 0.6) is 0 Å². The molecule has 3 aromatic heterocycles. The highest BCUT2D eigenvalue weighted by molar-refractivity contribution is 7.27. The second kappa shape index (κ2) is 13.8. The van der Waals surface area contributed by atoms with Gasteiger partial charge in [-0.05, 0) is 69.1 Å². The van der Waals surface area contributed by atoms with E-state index in [0.717, 1.165) is 22.4 Å². The first kappa shape index (κ1) is 34.8. The fourth-order valence-electron chi connectivity index (χ4n) is 9.64. The average Bonchev–Trinajstić information content (AvgIpc) is 3.92. The van der Waals surface area contributed by atoms with Crippen molar-refractivity contribution in [3.63, 3.8) is 0 Å². The Morgan fingerprint density at radius 1 is 0.306 bits per heavy atom. The monoisotopic (exact) mass is 806 g/mol. The van der Waals surface area contributed by atoms with Crippen LogP contribution in [0.15, 0.2) is 206 Å². The highest BCUT2D eigenvalue weighted by Gasteiger charge is 2.25. The van der Waals surface area contributed by atoms with Crippen molar-refractivity contribution in [2.75, 3.05) is 0 Å². The lowest BCUT2D eigenvalue weighted by atomic mass is 9.94. The van der Waals surface area contributed by atoms with Gasteiger partial charge < -0.3 is 4.57 Å². The molecule has 288 valence electrons. The van der Waals surface area contributed by atoms with E-state index in [1.54, 1.807) is 0 Å². The van der Waals surface area contributed by atoms with Crippen molar-refractivity contribution in [3.8, 4) is 51.0 Å². The maximum absolute atomic E-state index is 5.06. The van der Waals surface area contributed by atoms with Gasteiger partial charge in [-0.25, -0.2) is 15.0 Å². The molecule has 0 fully saturated rings. The van der Waals surface area contributed by atoms with E-state index >= 15 is 0 Å². The Labute approximate surface area is 360 Å². The molecule has 13 rings (SSSR count). The van der Waals surface area contributed by atoms with Crippen LogP contribution in [0.1, 0.15) is 0 Å². The van der Waals surface area contributed by atoms with Gasteiger partial charge in [0.15, 0.2) is 17.5 Å². The Morgan fingerprint density at radius 3 is 1.31 bits per heavy atom. The van der Waals surface area contributed by atoms with Crippen LogP contribution in [0.2, 0.25) is 0 Å². The van der Waals surface area contributed by atoms with Gasteiger partial charge in [-0.2, -0.15) is 0 Å². The Morgan fingerprint density at radius 2 is 0.726 bits per heavy atom. The Balaban J connectivity index is 1.12. The smallest absolute Gasteiger partial charge is 0.164 e. The van der Waals surface area contributed by atoms with Crippen LogP contribution < -0.4 is 0 Å². The second-order valence-electron chi connectivity index (χ2n) is 15.9. The zero-order chi connectivity index (χ0) is 40.7. The minimum Gasteiger partial charge on any atom is -0.308 e. The van der Waals surface area contributed by atoms with Gasteiger partial charge >= 0.3 is 0 Å². The lowest BCUT2D eigenvalue weighted by molar-refractivity contribution is 1.07. The average molecular weight is 807 g/mol. The summed E-state index contributed by atoms with van der Waals surface area (Å²) in [7, 11) is 0. The molecule has 0 saturated carbocycles. The van der Waals surface area contributed by atoms with E-state index < -0.39 is 0 Å². The van der Waals surface area contributed by atoms with Gasteiger partial charge in [0.25, 0.3) is 0 Å². The van der Waals surface area contributed by atoms with Crippen LogP contribution >= 0.6 is 11.3 Å². The van der Waals surface area contributed by atoms with Gasteiger partial charge in [0.2, 0.25) is 0 Å². The van der Waals surface area contributed by atoms with Crippen LogP contribution in [0.3, 0.4) is 0 Å². The number of fused-ring (bicyclic) bond motifs is 15. The van der Waals surface area contributed by atoms with Crippen molar-refractivity contribution >= 4 is 85.6 Å². The summed E-state index contributed by atoms with van der Waals surface area (Å²) >= 11 is 1.91. The minimum atomic E-state index is 0.634. The topological polar surface area (TPSA) is 43.6 Å². The summed E-state index contributed by atoms with van der Waals surface area (Å²) in [6, 6.07) is 73.7. The highest BCUT2D eigenvalue weighted by Crippen LogP contribution is 2.51. The molecule has 0 aliphatic heterocycles. The number of thiophene rings is 1. The summed E-state index contributed by atoms with van der Waals surface area (Å²) in [5.41, 5.74) is 8.77. The Kier molecular flexibility index (Phi) is 7.74. The predicted octanol–water partition coefficient (Wildman–Crippen LogP) is 15.5. The third-order valence-electron chi connectivity index (χ3n) is 12.4. The van der Waals surface area contributed by atoms with Gasteiger partial charge in [0, 0.05) is 64.1 Å². The van der Waals surface area contributed by atoms with Gasteiger partial charge in [-0.3, -0.25) is 0 Å². The van der Waals surface area contributed by atoms with Crippen molar-refractivity contribution in [1.82, 2.24) is 19.5 Å². The second-order valence-corrected chi connectivity index (χ2v) is 16.9. The van der Waals surface area contributed by atoms with E-state index in [2.05, 4.69) is 150 Å². The largest absolute Gasteiger partial charge is 0.308 e. The predicted molar refractivity (Wildman–Crippen MR) is 261 cm³/mol. The molecule has 62 heavy (non-hydrogen) atoms. The van der Waals surface area contributed by atoms with Crippen LogP contribution in [0.25, 0.3) is 125 Å². The van der Waals surface area contributed by atoms with Crippen LogP contribution in [-0.2, 0) is 0 Å². The summed E-state index contributed by atoms with van der Waals surface area (Å²) in [6.45, 7) is 0. The number of aromatic nitrogens is 4. The van der Waals surface area contributed by atoms with Gasteiger partial charge in [0.1, 0.15) is 0 Å². The first-order valence-electron chi connectivity index (χ1n) is 20.9. The van der Waals surface area contributed by atoms with Crippen molar-refractivity contribution in [2.45, 2.75) is 0 Å². The summed E-state index contributed by atoms with van der Waals surface area (Å²) in [5, 5.41) is 12.7. The number of benzene rings is 10. The fraction of sp³-hybridized carbons (Fsp3) is 0. The molecule has 0 aliphatic carbocycles. The SMILES string of the molecule is c1ccc(-c2ccc3sc4c(c3c2)c2ccccc2c2c4c3c4ccccc4c4ccccc4c3n2-c2ccc(-c3nc(-c4ccccc4)nc(-c4ccccc4)n3)cc2)cc1. The van der Waals surface area contributed by atoms with Crippen molar-refractivity contribution in [2.24, 2.45) is 0 Å². The molecule has 0 bridgehead atoms. The molecular formula is C57H34N4S. The summed E-state index contributed by atoms with van der Waals surface area (Å²) < 4.78 is 5.13. The maximum Gasteiger partial charge on any atom is 0.164 e. The van der Waals surface area contributed by atoms with Crippen LogP contribution in [-0.4, -0.2) is 19.5 Å². The molecule has 0 N–H and O–H groups in total. The van der Waals surface area contributed by atoms with Gasteiger partial charge in [-0.15, -0.1) is 11.3 Å². The van der Waals surface area contributed by atoms with E-state index in [1.807, 2.05) is 72.0 Å². The van der Waals surface area contributed by atoms with Gasteiger partial charge in [-0.1, -0.05) is 170 Å². The molecule has 0 radical (unpaired) electrons. The first-order chi connectivity index (χ1) is 30.8. The highest BCUT2D eigenvalue weighted by atomic mass is 32.1. The van der Waals surface area contributed by atoms with Gasteiger partial charge in [0.05, 0.1) is 11.0 Å². The summed E-state index contributed by atoms with van der Waals surface area (Å²) in [6.07, 6.45) is 0. The molecule has 0 amide bonds. The summed E-state index contributed by atoms with van der Waals surface area (Å²) in [4.78, 5) is 15.1. The molecule has 0 unspecified atom stereocenters. The molecular weight excluding hydrogens is 773 g/mol. The molecule has 10 aromatic carbocycles. The van der Waals surface area contributed by atoms with Crippen molar-refractivity contribution in [3.05, 3.63) is 206 Å². The third-order valence-corrected chi connectivity index (χ3v) is 13.6. The zero-order valence-corrected chi connectivity index (χ0v) is 34.1. The molecule has 0 saturated heterocycles. The first-order valence-corrected chi connectivity index (χ1v) is 21.8. The van der Waals surface area contributed by atoms with E-state index in [9.17, 15) is 0 Å². The molecule has 3 heterocycles. The van der Waals surface area contributed by atoms with E-state index in [0.29, 0.717) is 17.5 Å². The lowest BCUT2D eigenvalue weighted by Gasteiger charge is -2.14. The fourth-order valence-corrected chi connectivity index (χ4v) is 10.9. The number of hydrogen-bond acceptors (Lipinski definition) is 4. The normalized spacial score (nSPS) is 11.9. The standard InChI is InChI=1S/C57H34N4S/c1-4-16-35(17-5-1)39-30-33-48-47(34-39)49-44-25-13-15-27-46(44)53-51(54(49)62-48)50-43-24-12-10-22-41(43)42-23-11-14-26-45(42)52(50)61(53)40-31-28-38(29-32-40)57-59-55(36-18-6-2-7-19-36)58-56(60-57)37-20-8-3-9-21-37/h1-34H. The minimum absolute atomic E-state index is 0.634. The van der Waals surface area contributed by atoms with Crippen LogP contribution in [0, 0.1) is 0 Å². The molecule has 0 atom stereocenters. The number of rotatable bonds is 5. The molecule has 0 spiro atoms. The number of hydrogen-bond donors (Lipinski definition) is 0. The quantitative estimate of drug-likeness (QED) is 0.163. The Hall–Kier alpha value is -7.99. The molecule has 13 aromatic rings. The molecule has 0 aliphatic rings. The van der Waals surface area contributed by atoms with Crippen molar-refractivity contribution < 1.29 is 0 Å². The maximum atomic E-state index is 5.06. The zero-order valence-electron chi connectivity index (χ0n) is 33.3. The Bertz CT molecular complexity index is 3830. The number of nitrogens with zero attached hydrogens (tertiary/aromatic N) is 4. The van der Waals surface area contributed by atoms with E-state index in [4.69, 9.17) is 15.0 Å². The lowest BCUT2D eigenvalue weighted by Crippen LogP contribution is -2.00. The molecule has 4 nitrogen and oxygen atoms in total. The van der Waals surface area contributed by atoms with Crippen LogP contribution in [0.4, 0.5) is 0 Å². The third kappa shape index (κ3) is 5.29. The van der Waals surface area contributed by atoms with E-state index in [-0.39, 0.29) is 0 Å². The van der Waals surface area contributed by atoms with Crippen molar-refractivity contribution in [1.29, 1.82) is 0 Å². The molecule has 5 heteroatoms. The summed E-state index contributed by atoms with van der Waals surface area (Å²) in [5.74, 6) is 1.93. The van der Waals surface area contributed by atoms with E-state index in [1.165, 1.54) is 85.4 Å².